The van der Waals surface area contributed by atoms with E-state index in [1.54, 1.807) is 25.2 Å². The van der Waals surface area contributed by atoms with E-state index in [0.29, 0.717) is 50.7 Å². The third-order valence-electron chi connectivity index (χ3n) is 6.84. The van der Waals surface area contributed by atoms with Crippen LogP contribution < -0.4 is 15.8 Å². The number of carbonyl (C=O) groups is 1. The van der Waals surface area contributed by atoms with E-state index in [1.165, 1.54) is 0 Å². The minimum atomic E-state index is -0.757. The maximum atomic E-state index is 15.5. The number of aromatic nitrogens is 4. The fourth-order valence-corrected chi connectivity index (χ4v) is 5.09. The molecule has 2 N–H and O–H groups in total. The van der Waals surface area contributed by atoms with Crippen LogP contribution in [0.1, 0.15) is 21.7 Å². The molecule has 6 rings (SSSR count). The number of piperazine rings is 1. The van der Waals surface area contributed by atoms with Gasteiger partial charge in [0.25, 0.3) is 11.5 Å². The quantitative estimate of drug-likeness (QED) is 0.443. The van der Waals surface area contributed by atoms with Gasteiger partial charge in [-0.25, -0.2) is 18.3 Å². The molecule has 1 fully saturated rings. The van der Waals surface area contributed by atoms with Crippen molar-refractivity contribution in [3.05, 3.63) is 69.4 Å². The summed E-state index contributed by atoms with van der Waals surface area (Å²) in [5, 5.41) is 6.47. The number of aromatic amines is 1. The molecule has 0 radical (unpaired) electrons. The first-order valence-electron chi connectivity index (χ1n) is 11.6. The molecule has 0 bridgehead atoms. The van der Waals surface area contributed by atoms with Gasteiger partial charge in [0.05, 0.1) is 42.4 Å². The monoisotopic (exact) mass is 495 g/mol. The summed E-state index contributed by atoms with van der Waals surface area (Å²) in [4.78, 5) is 35.6. The molecule has 1 aromatic carbocycles. The first-order valence-corrected chi connectivity index (χ1v) is 11.6. The van der Waals surface area contributed by atoms with Crippen molar-refractivity contribution in [2.45, 2.75) is 19.2 Å². The number of halogens is 2. The number of benzene rings is 1. The summed E-state index contributed by atoms with van der Waals surface area (Å²) in [6.07, 6.45) is 0.942. The van der Waals surface area contributed by atoms with Gasteiger partial charge in [-0.3, -0.25) is 14.5 Å². The molecule has 4 aromatic rings. The highest BCUT2D eigenvalue weighted by atomic mass is 19.1. The summed E-state index contributed by atoms with van der Waals surface area (Å²) in [6.45, 7) is 3.10. The van der Waals surface area contributed by atoms with E-state index in [2.05, 4.69) is 30.2 Å². The van der Waals surface area contributed by atoms with Gasteiger partial charge in [-0.2, -0.15) is 5.10 Å². The third-order valence-corrected chi connectivity index (χ3v) is 6.84. The summed E-state index contributed by atoms with van der Waals surface area (Å²) in [5.74, 6) is -1.56. The lowest BCUT2D eigenvalue weighted by Crippen LogP contribution is -2.54. The zero-order valence-electron chi connectivity index (χ0n) is 19.4. The van der Waals surface area contributed by atoms with Gasteiger partial charge in [0.15, 0.2) is 17.2 Å². The summed E-state index contributed by atoms with van der Waals surface area (Å²) in [5.41, 5.74) is 1.74. The summed E-state index contributed by atoms with van der Waals surface area (Å²) >= 11 is 0. The Kier molecular flexibility index (Phi) is 5.41. The van der Waals surface area contributed by atoms with Crippen molar-refractivity contribution in [1.29, 1.82) is 0 Å². The van der Waals surface area contributed by atoms with Crippen LogP contribution in [-0.4, -0.2) is 69.7 Å². The lowest BCUT2D eigenvalue weighted by molar-refractivity contribution is 0.0874. The van der Waals surface area contributed by atoms with Gasteiger partial charge in [-0.1, -0.05) is 6.07 Å². The van der Waals surface area contributed by atoms with Crippen LogP contribution in [0, 0.1) is 11.6 Å². The number of nitrogens with one attached hydrogen (secondary N) is 2. The van der Waals surface area contributed by atoms with Gasteiger partial charge in [-0.15, -0.1) is 0 Å². The second kappa shape index (κ2) is 8.64. The SMILES string of the molecule is CNC(=O)c1ccc2c(n1)COC[C@H]1CN(Cc3ccc4c([nH]c(=O)c5c(F)cnn54)c3F)CCN21. The highest BCUT2D eigenvalue weighted by molar-refractivity contribution is 5.92. The number of ether oxygens (including phenoxy) is 1. The number of carbonyl (C=O) groups excluding carboxylic acids is 1. The van der Waals surface area contributed by atoms with Gasteiger partial charge >= 0.3 is 0 Å². The highest BCUT2D eigenvalue weighted by Gasteiger charge is 2.32. The minimum absolute atomic E-state index is 0.00328. The smallest absolute Gasteiger partial charge is 0.277 e. The van der Waals surface area contributed by atoms with Crippen molar-refractivity contribution < 1.29 is 18.3 Å². The van der Waals surface area contributed by atoms with E-state index < -0.39 is 17.2 Å². The van der Waals surface area contributed by atoms with Gasteiger partial charge in [0.1, 0.15) is 11.2 Å². The Bertz CT molecular complexity index is 1570. The maximum Gasteiger partial charge on any atom is 0.277 e. The number of anilines is 1. The van der Waals surface area contributed by atoms with Crippen molar-refractivity contribution >= 4 is 28.1 Å². The molecule has 10 nitrogen and oxygen atoms in total. The van der Waals surface area contributed by atoms with Crippen LogP contribution in [0.2, 0.25) is 0 Å². The van der Waals surface area contributed by atoms with Crippen LogP contribution in [0.4, 0.5) is 14.5 Å². The normalized spacial score (nSPS) is 18.2. The topological polar surface area (TPSA) is 108 Å². The van der Waals surface area contributed by atoms with Crippen molar-refractivity contribution in [2.24, 2.45) is 0 Å². The Morgan fingerprint density at radius 3 is 2.94 bits per heavy atom. The number of pyridine rings is 1. The molecule has 1 atom stereocenters. The Hall–Kier alpha value is -3.90. The predicted molar refractivity (Wildman–Crippen MR) is 127 cm³/mol. The Morgan fingerprint density at radius 1 is 1.25 bits per heavy atom. The molecule has 36 heavy (non-hydrogen) atoms. The second-order valence-electron chi connectivity index (χ2n) is 8.98. The van der Waals surface area contributed by atoms with Crippen LogP contribution in [-0.2, 0) is 17.9 Å². The molecular weight excluding hydrogens is 472 g/mol. The van der Waals surface area contributed by atoms with Crippen LogP contribution in [0.15, 0.2) is 35.3 Å². The minimum Gasteiger partial charge on any atom is -0.373 e. The number of fused-ring (bicyclic) bond motifs is 6. The summed E-state index contributed by atoms with van der Waals surface area (Å²) in [6, 6.07) is 6.93. The average Bonchev–Trinajstić information content (AvgIpc) is 3.18. The standard InChI is InChI=1S/C24H23F2N7O3/c1-27-23(34)16-3-5-18-17(29-16)12-36-11-14-10-31(6-7-32(14)18)9-13-2-4-19-21(20(13)26)30-24(35)22-15(25)8-28-33(19)22/h2-5,8,14H,6-7,9-12H2,1H3,(H,27,34)(H,30,35)/t14-/m1/s1. The number of amides is 1. The summed E-state index contributed by atoms with van der Waals surface area (Å²) in [7, 11) is 1.56. The van der Waals surface area contributed by atoms with Crippen LogP contribution in [0.3, 0.4) is 0 Å². The van der Waals surface area contributed by atoms with Crippen LogP contribution in [0.5, 0.6) is 0 Å². The van der Waals surface area contributed by atoms with Crippen LogP contribution >= 0.6 is 0 Å². The van der Waals surface area contributed by atoms with Gasteiger partial charge in [-0.05, 0) is 18.2 Å². The van der Waals surface area contributed by atoms with E-state index in [9.17, 15) is 14.0 Å². The highest BCUT2D eigenvalue weighted by Crippen LogP contribution is 2.29. The fourth-order valence-electron chi connectivity index (χ4n) is 5.09. The molecule has 2 aliphatic heterocycles. The number of hydrogen-bond donors (Lipinski definition) is 2. The molecule has 3 aromatic heterocycles. The van der Waals surface area contributed by atoms with E-state index >= 15 is 4.39 Å². The summed E-state index contributed by atoms with van der Waals surface area (Å²) < 4.78 is 36.4. The fraction of sp³-hybridized carbons (Fsp3) is 0.333. The second-order valence-corrected chi connectivity index (χ2v) is 8.98. The average molecular weight is 495 g/mol. The van der Waals surface area contributed by atoms with Gasteiger partial charge in [0, 0.05) is 38.8 Å². The first kappa shape index (κ1) is 22.6. The number of rotatable bonds is 3. The molecule has 12 heteroatoms. The molecule has 1 amide bonds. The third kappa shape index (κ3) is 3.60. The van der Waals surface area contributed by atoms with Crippen molar-refractivity contribution in [3.63, 3.8) is 0 Å². The zero-order chi connectivity index (χ0) is 25.0. The lowest BCUT2D eigenvalue weighted by Gasteiger charge is -2.41. The van der Waals surface area contributed by atoms with Gasteiger partial charge < -0.3 is 19.9 Å². The molecule has 0 unspecified atom stereocenters. The Labute approximate surface area is 203 Å². The predicted octanol–water partition coefficient (Wildman–Crippen LogP) is 1.43. The van der Waals surface area contributed by atoms with Crippen LogP contribution in [0.25, 0.3) is 16.6 Å². The number of nitrogens with zero attached hydrogens (tertiary/aromatic N) is 5. The van der Waals surface area contributed by atoms with Crippen molar-refractivity contribution in [2.75, 3.05) is 38.2 Å². The largest absolute Gasteiger partial charge is 0.373 e. The van der Waals surface area contributed by atoms with Gasteiger partial charge in [0.2, 0.25) is 0 Å². The van der Waals surface area contributed by atoms with E-state index in [4.69, 9.17) is 4.74 Å². The first-order chi connectivity index (χ1) is 17.4. The molecule has 186 valence electrons. The van der Waals surface area contributed by atoms with Crippen molar-refractivity contribution in [3.8, 4) is 0 Å². The molecule has 0 saturated carbocycles. The number of hydrogen-bond acceptors (Lipinski definition) is 7. The number of H-pyrrole nitrogens is 1. The van der Waals surface area contributed by atoms with E-state index in [1.807, 2.05) is 6.07 Å². The zero-order valence-corrected chi connectivity index (χ0v) is 19.4. The van der Waals surface area contributed by atoms with E-state index in [0.717, 1.165) is 22.1 Å². The molecule has 0 aliphatic carbocycles. The molecule has 5 heterocycles. The molecule has 1 saturated heterocycles. The maximum absolute atomic E-state index is 15.5. The Morgan fingerprint density at radius 2 is 2.11 bits per heavy atom. The molecular formula is C24H23F2N7O3. The lowest BCUT2D eigenvalue weighted by atomic mass is 10.1. The Balaban J connectivity index is 1.25. The van der Waals surface area contributed by atoms with E-state index in [-0.39, 0.29) is 28.5 Å². The molecule has 0 spiro atoms. The molecule has 2 aliphatic rings. The van der Waals surface area contributed by atoms with Crippen molar-refractivity contribution in [1.82, 2.24) is 29.8 Å².